The highest BCUT2D eigenvalue weighted by Crippen LogP contribution is 2.29. The van der Waals surface area contributed by atoms with E-state index in [1.54, 1.807) is 6.20 Å². The predicted molar refractivity (Wildman–Crippen MR) is 63.3 cm³/mol. The summed E-state index contributed by atoms with van der Waals surface area (Å²) in [6.45, 7) is 0. The molecule has 0 saturated heterocycles. The van der Waals surface area contributed by atoms with E-state index in [9.17, 15) is 0 Å². The summed E-state index contributed by atoms with van der Waals surface area (Å²) in [4.78, 5) is 3.99. The van der Waals surface area contributed by atoms with Gasteiger partial charge in [-0.25, -0.2) is 4.98 Å². The van der Waals surface area contributed by atoms with Crippen LogP contribution in [0.15, 0.2) is 12.3 Å². The van der Waals surface area contributed by atoms with Crippen molar-refractivity contribution < 1.29 is 0 Å². The number of nitrogens with zero attached hydrogens (tertiary/aromatic N) is 1. The van der Waals surface area contributed by atoms with Gasteiger partial charge in [-0.05, 0) is 24.0 Å². The van der Waals surface area contributed by atoms with Crippen molar-refractivity contribution in [1.29, 1.82) is 0 Å². The van der Waals surface area contributed by atoms with Crippen molar-refractivity contribution in [2.75, 3.05) is 11.5 Å². The average molecular weight is 205 g/mol. The Labute approximate surface area is 90.9 Å². The smallest absolute Gasteiger partial charge is 0.146 e. The summed E-state index contributed by atoms with van der Waals surface area (Å²) in [7, 11) is 0. The summed E-state index contributed by atoms with van der Waals surface area (Å²) in [5.41, 5.74) is 13.5. The molecule has 2 rings (SSSR count). The summed E-state index contributed by atoms with van der Waals surface area (Å²) in [5, 5.41) is 0. The van der Waals surface area contributed by atoms with Crippen LogP contribution in [-0.4, -0.2) is 4.98 Å². The highest BCUT2D eigenvalue weighted by atomic mass is 14.9. The monoisotopic (exact) mass is 205 g/mol. The molecule has 0 amide bonds. The number of aromatic nitrogens is 1. The van der Waals surface area contributed by atoms with Crippen LogP contribution in [0.2, 0.25) is 0 Å². The number of rotatable bonds is 2. The lowest BCUT2D eigenvalue weighted by atomic mass is 9.85. The molecule has 0 aliphatic heterocycles. The van der Waals surface area contributed by atoms with Crippen molar-refractivity contribution in [2.24, 2.45) is 5.92 Å². The number of nitrogens with two attached hydrogens (primary N) is 2. The van der Waals surface area contributed by atoms with Crippen LogP contribution in [0.4, 0.5) is 11.5 Å². The SMILES string of the molecule is Nc1nccc(CC2CCCCC2)c1N. The fourth-order valence-electron chi connectivity index (χ4n) is 2.41. The van der Waals surface area contributed by atoms with E-state index in [4.69, 9.17) is 11.5 Å². The molecule has 3 nitrogen and oxygen atoms in total. The molecule has 0 spiro atoms. The highest BCUT2D eigenvalue weighted by Gasteiger charge is 2.15. The van der Waals surface area contributed by atoms with Gasteiger partial charge in [-0.2, -0.15) is 0 Å². The zero-order chi connectivity index (χ0) is 10.7. The van der Waals surface area contributed by atoms with Crippen molar-refractivity contribution in [2.45, 2.75) is 38.5 Å². The van der Waals surface area contributed by atoms with Crippen molar-refractivity contribution in [3.05, 3.63) is 17.8 Å². The third kappa shape index (κ3) is 2.41. The zero-order valence-electron chi connectivity index (χ0n) is 9.08. The normalized spacial score (nSPS) is 17.9. The molecule has 0 bridgehead atoms. The molecule has 82 valence electrons. The van der Waals surface area contributed by atoms with Gasteiger partial charge in [-0.15, -0.1) is 0 Å². The van der Waals surface area contributed by atoms with Crippen LogP contribution >= 0.6 is 0 Å². The lowest BCUT2D eigenvalue weighted by molar-refractivity contribution is 0.357. The Morgan fingerprint density at radius 3 is 2.67 bits per heavy atom. The Kier molecular flexibility index (Phi) is 3.09. The van der Waals surface area contributed by atoms with Crippen LogP contribution in [-0.2, 0) is 6.42 Å². The van der Waals surface area contributed by atoms with Gasteiger partial charge in [0.2, 0.25) is 0 Å². The fraction of sp³-hybridized carbons (Fsp3) is 0.583. The molecule has 0 atom stereocenters. The number of hydrogen-bond donors (Lipinski definition) is 2. The van der Waals surface area contributed by atoms with Gasteiger partial charge in [0.15, 0.2) is 0 Å². The largest absolute Gasteiger partial charge is 0.396 e. The van der Waals surface area contributed by atoms with Gasteiger partial charge in [0.25, 0.3) is 0 Å². The average Bonchev–Trinajstić information content (AvgIpc) is 2.26. The van der Waals surface area contributed by atoms with Crippen LogP contribution in [0.3, 0.4) is 0 Å². The molecule has 1 aromatic rings. The molecule has 0 radical (unpaired) electrons. The molecule has 1 aromatic heterocycles. The van der Waals surface area contributed by atoms with Gasteiger partial charge in [0, 0.05) is 6.20 Å². The van der Waals surface area contributed by atoms with E-state index in [1.165, 1.54) is 37.7 Å². The van der Waals surface area contributed by atoms with Gasteiger partial charge in [-0.1, -0.05) is 32.1 Å². The minimum atomic E-state index is 0.475. The van der Waals surface area contributed by atoms with Crippen molar-refractivity contribution in [3.63, 3.8) is 0 Å². The number of hydrogen-bond acceptors (Lipinski definition) is 3. The molecule has 0 unspecified atom stereocenters. The topological polar surface area (TPSA) is 64.9 Å². The van der Waals surface area contributed by atoms with E-state index in [0.717, 1.165) is 12.3 Å². The van der Waals surface area contributed by atoms with Crippen molar-refractivity contribution >= 4 is 11.5 Å². The van der Waals surface area contributed by atoms with Crippen LogP contribution < -0.4 is 11.5 Å². The van der Waals surface area contributed by atoms with Gasteiger partial charge in [0.1, 0.15) is 5.82 Å². The molecule has 1 fully saturated rings. The van der Waals surface area contributed by atoms with Gasteiger partial charge < -0.3 is 11.5 Å². The minimum absolute atomic E-state index is 0.475. The standard InChI is InChI=1S/C12H19N3/c13-11-10(6-7-15-12(11)14)8-9-4-2-1-3-5-9/h6-7,9H,1-5,8,13H2,(H2,14,15). The molecule has 1 aliphatic rings. The summed E-state index contributed by atoms with van der Waals surface area (Å²) < 4.78 is 0. The van der Waals surface area contributed by atoms with E-state index in [2.05, 4.69) is 4.98 Å². The van der Waals surface area contributed by atoms with Gasteiger partial charge in [0.05, 0.1) is 5.69 Å². The first-order valence-corrected chi connectivity index (χ1v) is 5.76. The van der Waals surface area contributed by atoms with Gasteiger partial charge in [-0.3, -0.25) is 0 Å². The van der Waals surface area contributed by atoms with E-state index in [-0.39, 0.29) is 0 Å². The highest BCUT2D eigenvalue weighted by molar-refractivity contribution is 5.62. The first-order valence-electron chi connectivity index (χ1n) is 5.76. The molecule has 0 aromatic carbocycles. The lowest BCUT2D eigenvalue weighted by Crippen LogP contribution is -2.11. The second-order valence-electron chi connectivity index (χ2n) is 4.48. The van der Waals surface area contributed by atoms with Crippen LogP contribution in [0.25, 0.3) is 0 Å². The Bertz CT molecular complexity index is 330. The Balaban J connectivity index is 2.06. The first kappa shape index (κ1) is 10.3. The summed E-state index contributed by atoms with van der Waals surface area (Å²) in [6, 6.07) is 2.00. The van der Waals surface area contributed by atoms with Crippen molar-refractivity contribution in [1.82, 2.24) is 4.98 Å². The van der Waals surface area contributed by atoms with Crippen molar-refractivity contribution in [3.8, 4) is 0 Å². The minimum Gasteiger partial charge on any atom is -0.396 e. The summed E-state index contributed by atoms with van der Waals surface area (Å²) >= 11 is 0. The van der Waals surface area contributed by atoms with E-state index in [0.29, 0.717) is 11.5 Å². The molecular formula is C12H19N3. The van der Waals surface area contributed by atoms with Crippen LogP contribution in [0, 0.1) is 5.92 Å². The number of pyridine rings is 1. The maximum absolute atomic E-state index is 5.91. The van der Waals surface area contributed by atoms with Gasteiger partial charge >= 0.3 is 0 Å². The molecule has 3 heteroatoms. The molecule has 1 saturated carbocycles. The second kappa shape index (κ2) is 4.51. The van der Waals surface area contributed by atoms with Crippen LogP contribution in [0.1, 0.15) is 37.7 Å². The zero-order valence-corrected chi connectivity index (χ0v) is 9.08. The molecular weight excluding hydrogens is 186 g/mol. The molecule has 15 heavy (non-hydrogen) atoms. The fourth-order valence-corrected chi connectivity index (χ4v) is 2.41. The summed E-state index contributed by atoms with van der Waals surface area (Å²) in [5.74, 6) is 1.27. The second-order valence-corrected chi connectivity index (χ2v) is 4.48. The third-order valence-electron chi connectivity index (χ3n) is 3.34. The Morgan fingerprint density at radius 2 is 1.93 bits per heavy atom. The quantitative estimate of drug-likeness (QED) is 0.779. The Hall–Kier alpha value is -1.25. The predicted octanol–water partition coefficient (Wildman–Crippen LogP) is 2.37. The summed E-state index contributed by atoms with van der Waals surface area (Å²) in [6.07, 6.45) is 9.62. The first-order chi connectivity index (χ1) is 7.27. The van der Waals surface area contributed by atoms with E-state index < -0.39 is 0 Å². The lowest BCUT2D eigenvalue weighted by Gasteiger charge is -2.22. The Morgan fingerprint density at radius 1 is 1.20 bits per heavy atom. The molecule has 4 N–H and O–H groups in total. The third-order valence-corrected chi connectivity index (χ3v) is 3.34. The maximum atomic E-state index is 5.91. The number of nitrogen functional groups attached to an aromatic ring is 2. The van der Waals surface area contributed by atoms with E-state index in [1.807, 2.05) is 6.07 Å². The number of anilines is 2. The van der Waals surface area contributed by atoms with E-state index >= 15 is 0 Å². The van der Waals surface area contributed by atoms with Crippen LogP contribution in [0.5, 0.6) is 0 Å². The molecule has 1 heterocycles. The molecule has 1 aliphatic carbocycles. The maximum Gasteiger partial charge on any atom is 0.146 e.